The molecular formula is C12H15N5O. The minimum atomic E-state index is -0.603. The van der Waals surface area contributed by atoms with E-state index < -0.39 is 5.91 Å². The summed E-state index contributed by atoms with van der Waals surface area (Å²) in [4.78, 5) is 19.5. The first-order valence-corrected chi connectivity index (χ1v) is 5.86. The third-order valence-corrected chi connectivity index (χ3v) is 2.67. The van der Waals surface area contributed by atoms with Crippen molar-refractivity contribution in [1.82, 2.24) is 19.7 Å². The maximum atomic E-state index is 11.3. The molecule has 2 aromatic heterocycles. The predicted molar refractivity (Wildman–Crippen MR) is 66.4 cm³/mol. The number of primary amides is 1. The van der Waals surface area contributed by atoms with Gasteiger partial charge in [0.1, 0.15) is 0 Å². The summed E-state index contributed by atoms with van der Waals surface area (Å²) < 4.78 is 1.64. The first-order valence-electron chi connectivity index (χ1n) is 5.86. The van der Waals surface area contributed by atoms with Gasteiger partial charge in [0.05, 0.1) is 5.69 Å². The van der Waals surface area contributed by atoms with Crippen molar-refractivity contribution in [2.45, 2.75) is 26.7 Å². The Morgan fingerprint density at radius 1 is 1.28 bits per heavy atom. The number of amides is 1. The van der Waals surface area contributed by atoms with Gasteiger partial charge >= 0.3 is 0 Å². The molecule has 2 aromatic rings. The Morgan fingerprint density at radius 3 is 2.61 bits per heavy atom. The first kappa shape index (κ1) is 12.2. The van der Waals surface area contributed by atoms with Gasteiger partial charge in [0.2, 0.25) is 0 Å². The zero-order chi connectivity index (χ0) is 13.1. The third-order valence-electron chi connectivity index (χ3n) is 2.67. The summed E-state index contributed by atoms with van der Waals surface area (Å²) in [5.74, 6) is -0.213. The molecule has 2 heterocycles. The fourth-order valence-electron chi connectivity index (χ4n) is 1.74. The number of nitrogens with zero attached hydrogens (tertiary/aromatic N) is 4. The Labute approximate surface area is 105 Å². The molecule has 0 unspecified atom stereocenters. The van der Waals surface area contributed by atoms with E-state index in [9.17, 15) is 4.79 Å². The molecule has 0 saturated heterocycles. The molecule has 1 amide bonds. The standard InChI is InChI=1S/C12H15N5O/c1-3-8-7-9(4-2)17(16-8)12-10(11(13)18)14-5-6-15-12/h5-7H,3-4H2,1-2H3,(H2,13,18). The van der Waals surface area contributed by atoms with Crippen LogP contribution in [0.3, 0.4) is 0 Å². The highest BCUT2D eigenvalue weighted by atomic mass is 16.1. The van der Waals surface area contributed by atoms with Crippen LogP contribution in [-0.2, 0) is 12.8 Å². The summed E-state index contributed by atoms with van der Waals surface area (Å²) in [6.45, 7) is 4.05. The lowest BCUT2D eigenvalue weighted by Crippen LogP contribution is -2.19. The van der Waals surface area contributed by atoms with Crippen LogP contribution in [0.1, 0.15) is 35.7 Å². The van der Waals surface area contributed by atoms with Crippen molar-refractivity contribution in [1.29, 1.82) is 0 Å². The molecule has 0 saturated carbocycles. The molecule has 18 heavy (non-hydrogen) atoms. The van der Waals surface area contributed by atoms with Gasteiger partial charge < -0.3 is 5.73 Å². The van der Waals surface area contributed by atoms with Crippen LogP contribution >= 0.6 is 0 Å². The highest BCUT2D eigenvalue weighted by Crippen LogP contribution is 2.14. The zero-order valence-corrected chi connectivity index (χ0v) is 10.4. The molecule has 94 valence electrons. The van der Waals surface area contributed by atoms with Gasteiger partial charge in [0, 0.05) is 18.1 Å². The Hall–Kier alpha value is -2.24. The number of carbonyl (C=O) groups excluding carboxylic acids is 1. The minimum absolute atomic E-state index is 0.137. The van der Waals surface area contributed by atoms with Gasteiger partial charge in [-0.3, -0.25) is 4.79 Å². The SMILES string of the molecule is CCc1cc(CC)n(-c2nccnc2C(N)=O)n1. The Bertz CT molecular complexity index is 576. The normalized spacial score (nSPS) is 10.6. The molecule has 0 aliphatic carbocycles. The van der Waals surface area contributed by atoms with Crippen molar-refractivity contribution in [3.63, 3.8) is 0 Å². The number of hydrogen-bond donors (Lipinski definition) is 1. The Kier molecular flexibility index (Phi) is 3.36. The predicted octanol–water partition coefficient (Wildman–Crippen LogP) is 0.886. The van der Waals surface area contributed by atoms with E-state index in [2.05, 4.69) is 15.1 Å². The topological polar surface area (TPSA) is 86.7 Å². The smallest absolute Gasteiger partial charge is 0.271 e. The second kappa shape index (κ2) is 4.95. The minimum Gasteiger partial charge on any atom is -0.364 e. The maximum absolute atomic E-state index is 11.3. The van der Waals surface area contributed by atoms with E-state index in [1.54, 1.807) is 4.68 Å². The molecule has 2 N–H and O–H groups in total. The van der Waals surface area contributed by atoms with Crippen molar-refractivity contribution >= 4 is 5.91 Å². The van der Waals surface area contributed by atoms with Crippen LogP contribution in [0, 0.1) is 0 Å². The quantitative estimate of drug-likeness (QED) is 0.866. The van der Waals surface area contributed by atoms with E-state index in [1.165, 1.54) is 12.4 Å². The van der Waals surface area contributed by atoms with Crippen molar-refractivity contribution in [2.24, 2.45) is 5.73 Å². The maximum Gasteiger partial charge on any atom is 0.271 e. The summed E-state index contributed by atoms with van der Waals surface area (Å²) in [6.07, 6.45) is 4.59. The monoisotopic (exact) mass is 245 g/mol. The van der Waals surface area contributed by atoms with Gasteiger partial charge in [-0.15, -0.1) is 0 Å². The van der Waals surface area contributed by atoms with Crippen molar-refractivity contribution in [3.05, 3.63) is 35.5 Å². The molecule has 0 aliphatic heterocycles. The molecule has 0 aromatic carbocycles. The second-order valence-corrected chi connectivity index (χ2v) is 3.84. The van der Waals surface area contributed by atoms with Crippen LogP contribution in [0.25, 0.3) is 5.82 Å². The molecule has 0 radical (unpaired) electrons. The van der Waals surface area contributed by atoms with Gasteiger partial charge in [-0.05, 0) is 18.9 Å². The van der Waals surface area contributed by atoms with E-state index in [1.807, 2.05) is 19.9 Å². The fraction of sp³-hybridized carbons (Fsp3) is 0.333. The Balaban J connectivity index is 2.61. The molecule has 0 aliphatic rings. The number of hydrogen-bond acceptors (Lipinski definition) is 4. The number of carbonyl (C=O) groups is 1. The average molecular weight is 245 g/mol. The largest absolute Gasteiger partial charge is 0.364 e. The number of rotatable bonds is 4. The van der Waals surface area contributed by atoms with Crippen LogP contribution in [0.2, 0.25) is 0 Å². The number of aromatic nitrogens is 4. The number of nitrogens with two attached hydrogens (primary N) is 1. The summed E-state index contributed by atoms with van der Waals surface area (Å²) in [5.41, 5.74) is 7.37. The lowest BCUT2D eigenvalue weighted by Gasteiger charge is -2.07. The Morgan fingerprint density at radius 2 is 2.00 bits per heavy atom. The molecular weight excluding hydrogens is 230 g/mol. The first-order chi connectivity index (χ1) is 8.67. The molecule has 0 spiro atoms. The third kappa shape index (κ3) is 2.09. The van der Waals surface area contributed by atoms with E-state index >= 15 is 0 Å². The number of aryl methyl sites for hydroxylation is 2. The molecule has 0 bridgehead atoms. The molecule has 2 rings (SSSR count). The lowest BCUT2D eigenvalue weighted by molar-refractivity contribution is 0.0995. The highest BCUT2D eigenvalue weighted by Gasteiger charge is 2.16. The zero-order valence-electron chi connectivity index (χ0n) is 10.4. The van der Waals surface area contributed by atoms with E-state index in [-0.39, 0.29) is 5.69 Å². The summed E-state index contributed by atoms with van der Waals surface area (Å²) in [7, 11) is 0. The van der Waals surface area contributed by atoms with Crippen LogP contribution in [-0.4, -0.2) is 25.7 Å². The van der Waals surface area contributed by atoms with Gasteiger partial charge in [-0.1, -0.05) is 13.8 Å². The van der Waals surface area contributed by atoms with Gasteiger partial charge in [-0.2, -0.15) is 5.10 Å². The molecule has 0 atom stereocenters. The molecule has 0 fully saturated rings. The fourth-order valence-corrected chi connectivity index (χ4v) is 1.74. The van der Waals surface area contributed by atoms with Crippen LogP contribution < -0.4 is 5.73 Å². The summed E-state index contributed by atoms with van der Waals surface area (Å²) in [5, 5.41) is 4.42. The second-order valence-electron chi connectivity index (χ2n) is 3.84. The van der Waals surface area contributed by atoms with Crippen molar-refractivity contribution < 1.29 is 4.79 Å². The summed E-state index contributed by atoms with van der Waals surface area (Å²) >= 11 is 0. The van der Waals surface area contributed by atoms with Crippen molar-refractivity contribution in [2.75, 3.05) is 0 Å². The van der Waals surface area contributed by atoms with Crippen LogP contribution in [0.15, 0.2) is 18.5 Å². The molecule has 6 heteroatoms. The van der Waals surface area contributed by atoms with Crippen LogP contribution in [0.4, 0.5) is 0 Å². The van der Waals surface area contributed by atoms with Gasteiger partial charge in [0.15, 0.2) is 11.5 Å². The summed E-state index contributed by atoms with van der Waals surface area (Å²) in [6, 6.07) is 2.00. The molecule has 6 nitrogen and oxygen atoms in total. The van der Waals surface area contributed by atoms with Gasteiger partial charge in [-0.25, -0.2) is 14.6 Å². The van der Waals surface area contributed by atoms with E-state index in [0.29, 0.717) is 5.82 Å². The average Bonchev–Trinajstić information content (AvgIpc) is 2.81. The van der Waals surface area contributed by atoms with Crippen molar-refractivity contribution in [3.8, 4) is 5.82 Å². The van der Waals surface area contributed by atoms with E-state index in [0.717, 1.165) is 24.2 Å². The van der Waals surface area contributed by atoms with Gasteiger partial charge in [0.25, 0.3) is 5.91 Å². The van der Waals surface area contributed by atoms with E-state index in [4.69, 9.17) is 5.73 Å². The highest BCUT2D eigenvalue weighted by molar-refractivity contribution is 5.93. The lowest BCUT2D eigenvalue weighted by atomic mass is 10.2. The van der Waals surface area contributed by atoms with Crippen LogP contribution in [0.5, 0.6) is 0 Å².